The van der Waals surface area contributed by atoms with Crippen LogP contribution >= 0.6 is 0 Å². The van der Waals surface area contributed by atoms with Crippen LogP contribution in [0.25, 0.3) is 0 Å². The highest BCUT2D eigenvalue weighted by atomic mass is 32.2. The summed E-state index contributed by atoms with van der Waals surface area (Å²) < 4.78 is 28.3. The van der Waals surface area contributed by atoms with E-state index in [0.717, 1.165) is 0 Å². The lowest BCUT2D eigenvalue weighted by atomic mass is 10.2. The smallest absolute Gasteiger partial charge is 0.178 e. The molecule has 0 bridgehead atoms. The van der Waals surface area contributed by atoms with E-state index in [9.17, 15) is 8.42 Å². The third-order valence-electron chi connectivity index (χ3n) is 2.13. The van der Waals surface area contributed by atoms with Gasteiger partial charge in [-0.3, -0.25) is 0 Å². The molecule has 0 amide bonds. The highest BCUT2D eigenvalue weighted by Gasteiger charge is 2.17. The summed E-state index contributed by atoms with van der Waals surface area (Å²) in [4.78, 5) is 0.226. The van der Waals surface area contributed by atoms with Gasteiger partial charge in [0.15, 0.2) is 9.84 Å². The molecule has 0 heterocycles. The monoisotopic (exact) mass is 228 g/mol. The zero-order valence-electron chi connectivity index (χ0n) is 8.78. The zero-order valence-corrected chi connectivity index (χ0v) is 9.60. The Kier molecular flexibility index (Phi) is 3.24. The van der Waals surface area contributed by atoms with E-state index in [4.69, 9.17) is 10.5 Å². The van der Waals surface area contributed by atoms with Crippen LogP contribution in [0.3, 0.4) is 0 Å². The molecule has 0 saturated heterocycles. The lowest BCUT2D eigenvalue weighted by molar-refractivity contribution is 0.415. The van der Waals surface area contributed by atoms with E-state index in [-0.39, 0.29) is 10.6 Å². The molecule has 0 aromatic heterocycles. The van der Waals surface area contributed by atoms with Crippen LogP contribution in [-0.4, -0.2) is 21.3 Å². The minimum atomic E-state index is -3.32. The molecule has 0 spiro atoms. The number of nitrogen functional groups attached to an aromatic ring is 1. The van der Waals surface area contributed by atoms with Crippen LogP contribution < -0.4 is 10.5 Å². The summed E-state index contributed by atoms with van der Waals surface area (Å²) >= 11 is 0. The number of aryl methyl sites for hydroxylation is 1. The maximum absolute atomic E-state index is 11.6. The summed E-state index contributed by atoms with van der Waals surface area (Å²) in [5.41, 5.74) is 6.69. The fourth-order valence-corrected chi connectivity index (χ4v) is 2.37. The Morgan fingerprint density at radius 3 is 2.53 bits per heavy atom. The Labute approximate surface area is 90.0 Å². The van der Waals surface area contributed by atoms with E-state index in [0.29, 0.717) is 17.0 Å². The lowest BCUT2D eigenvalue weighted by Crippen LogP contribution is -2.07. The van der Waals surface area contributed by atoms with Gasteiger partial charge in [0, 0.05) is 6.07 Å². The van der Waals surface area contributed by atoms with Crippen LogP contribution in [0.1, 0.15) is 5.56 Å². The first-order chi connectivity index (χ1) is 6.92. The number of ether oxygens (including phenoxy) is 1. The summed E-state index contributed by atoms with van der Waals surface area (Å²) in [5, 5.41) is 0. The average molecular weight is 228 g/mol. The van der Waals surface area contributed by atoms with Crippen molar-refractivity contribution in [2.24, 2.45) is 0 Å². The van der Waals surface area contributed by atoms with E-state index in [1.807, 2.05) is 0 Å². The van der Waals surface area contributed by atoms with Gasteiger partial charge >= 0.3 is 0 Å². The minimum absolute atomic E-state index is 0.180. The number of anilines is 1. The maximum atomic E-state index is 11.6. The van der Waals surface area contributed by atoms with Gasteiger partial charge in [0.2, 0.25) is 0 Å². The first-order valence-electron chi connectivity index (χ1n) is 4.38. The van der Waals surface area contributed by atoms with Crippen molar-refractivity contribution >= 4 is 15.5 Å². The van der Waals surface area contributed by atoms with Crippen molar-refractivity contribution in [3.05, 3.63) is 24.6 Å². The van der Waals surface area contributed by atoms with Gasteiger partial charge in [-0.25, -0.2) is 8.42 Å². The molecule has 4 nitrogen and oxygen atoms in total. The standard InChI is InChI=1S/C10H14NO3S/c1-4-15(12,13)10-6-9(14-3)8(11)5-7(10)2/h5-6H,1,4,11H2,2-3H3. The Morgan fingerprint density at radius 2 is 2.07 bits per heavy atom. The van der Waals surface area contributed by atoms with Crippen molar-refractivity contribution in [1.82, 2.24) is 0 Å². The third kappa shape index (κ3) is 2.23. The number of hydrogen-bond donors (Lipinski definition) is 1. The van der Waals surface area contributed by atoms with Gasteiger partial charge in [-0.05, 0) is 25.5 Å². The molecule has 0 atom stereocenters. The molecule has 15 heavy (non-hydrogen) atoms. The Morgan fingerprint density at radius 1 is 1.47 bits per heavy atom. The molecule has 5 heteroatoms. The summed E-state index contributed by atoms with van der Waals surface area (Å²) in [6.45, 7) is 5.09. The van der Waals surface area contributed by atoms with Gasteiger partial charge in [0.05, 0.1) is 23.4 Å². The van der Waals surface area contributed by atoms with Crippen molar-refractivity contribution in [2.45, 2.75) is 11.8 Å². The number of rotatable bonds is 3. The largest absolute Gasteiger partial charge is 0.495 e. The second-order valence-electron chi connectivity index (χ2n) is 3.18. The molecule has 1 aromatic rings. The molecular weight excluding hydrogens is 214 g/mol. The normalized spacial score (nSPS) is 11.4. The lowest BCUT2D eigenvalue weighted by Gasteiger charge is -2.10. The fourth-order valence-electron chi connectivity index (χ4n) is 1.31. The fraction of sp³-hybridized carbons (Fsp3) is 0.300. The molecule has 1 radical (unpaired) electrons. The molecule has 0 aliphatic carbocycles. The predicted molar refractivity (Wildman–Crippen MR) is 59.6 cm³/mol. The maximum Gasteiger partial charge on any atom is 0.178 e. The zero-order chi connectivity index (χ0) is 11.6. The molecule has 0 saturated carbocycles. The SMILES string of the molecule is [CH2]CS(=O)(=O)c1cc(OC)c(N)cc1C. The van der Waals surface area contributed by atoms with Gasteiger partial charge < -0.3 is 10.5 Å². The molecule has 0 unspecified atom stereocenters. The average Bonchev–Trinajstić information content (AvgIpc) is 2.17. The van der Waals surface area contributed by atoms with E-state index < -0.39 is 9.84 Å². The summed E-state index contributed by atoms with van der Waals surface area (Å²) in [6, 6.07) is 3.02. The van der Waals surface area contributed by atoms with E-state index in [1.165, 1.54) is 13.2 Å². The predicted octanol–water partition coefficient (Wildman–Crippen LogP) is 1.19. The van der Waals surface area contributed by atoms with Gasteiger partial charge in [-0.1, -0.05) is 0 Å². The van der Waals surface area contributed by atoms with Crippen molar-refractivity contribution in [3.8, 4) is 5.75 Å². The summed E-state index contributed by atoms with van der Waals surface area (Å²) in [7, 11) is -1.88. The van der Waals surface area contributed by atoms with Crippen LogP contribution in [0.2, 0.25) is 0 Å². The van der Waals surface area contributed by atoms with Crippen LogP contribution in [0.15, 0.2) is 17.0 Å². The Hall–Kier alpha value is -1.23. The molecule has 83 valence electrons. The topological polar surface area (TPSA) is 69.4 Å². The summed E-state index contributed by atoms with van der Waals surface area (Å²) in [5.74, 6) is 0.189. The van der Waals surface area contributed by atoms with Gasteiger partial charge in [0.25, 0.3) is 0 Å². The second-order valence-corrected chi connectivity index (χ2v) is 5.26. The van der Waals surface area contributed by atoms with E-state index in [1.54, 1.807) is 13.0 Å². The highest BCUT2D eigenvalue weighted by molar-refractivity contribution is 7.91. The van der Waals surface area contributed by atoms with Crippen molar-refractivity contribution < 1.29 is 13.2 Å². The third-order valence-corrected chi connectivity index (χ3v) is 3.78. The number of benzene rings is 1. The van der Waals surface area contributed by atoms with Crippen molar-refractivity contribution in [3.63, 3.8) is 0 Å². The van der Waals surface area contributed by atoms with Crippen LogP contribution in [0, 0.1) is 13.8 Å². The molecule has 2 N–H and O–H groups in total. The van der Waals surface area contributed by atoms with E-state index in [2.05, 4.69) is 6.92 Å². The molecule has 1 aromatic carbocycles. The molecular formula is C10H14NO3S. The molecule has 1 rings (SSSR count). The molecule has 0 aliphatic rings. The number of methoxy groups -OCH3 is 1. The van der Waals surface area contributed by atoms with Crippen LogP contribution in [-0.2, 0) is 9.84 Å². The summed E-state index contributed by atoms with van der Waals surface area (Å²) in [6.07, 6.45) is 0. The van der Waals surface area contributed by atoms with E-state index >= 15 is 0 Å². The van der Waals surface area contributed by atoms with Crippen LogP contribution in [0.5, 0.6) is 5.75 Å². The van der Waals surface area contributed by atoms with Gasteiger partial charge in [-0.2, -0.15) is 0 Å². The number of sulfone groups is 1. The Balaban J connectivity index is 3.44. The first kappa shape index (κ1) is 11.8. The van der Waals surface area contributed by atoms with Crippen molar-refractivity contribution in [1.29, 1.82) is 0 Å². The molecule has 0 aliphatic heterocycles. The van der Waals surface area contributed by atoms with Crippen LogP contribution in [0.4, 0.5) is 5.69 Å². The van der Waals surface area contributed by atoms with Crippen molar-refractivity contribution in [2.75, 3.05) is 18.6 Å². The quantitative estimate of drug-likeness (QED) is 0.789. The van der Waals surface area contributed by atoms with Gasteiger partial charge in [-0.15, -0.1) is 0 Å². The number of hydrogen-bond acceptors (Lipinski definition) is 4. The minimum Gasteiger partial charge on any atom is -0.495 e. The highest BCUT2D eigenvalue weighted by Crippen LogP contribution is 2.28. The first-order valence-corrected chi connectivity index (χ1v) is 6.03. The van der Waals surface area contributed by atoms with Gasteiger partial charge in [0.1, 0.15) is 5.75 Å². The Bertz CT molecular complexity index is 466. The molecule has 0 fully saturated rings. The number of nitrogens with two attached hydrogens (primary N) is 1. The second kappa shape index (κ2) is 4.10.